The van der Waals surface area contributed by atoms with Crippen molar-refractivity contribution >= 4 is 29.0 Å². The summed E-state index contributed by atoms with van der Waals surface area (Å²) in [6.45, 7) is 4.99. The predicted molar refractivity (Wildman–Crippen MR) is 97.4 cm³/mol. The molecule has 1 aromatic carbocycles. The molecule has 1 aliphatic rings. The number of hydrogen-bond donors (Lipinski definition) is 1. The van der Waals surface area contributed by atoms with Crippen molar-refractivity contribution in [3.8, 4) is 0 Å². The van der Waals surface area contributed by atoms with Gasteiger partial charge in [0.15, 0.2) is 0 Å². The molecule has 0 radical (unpaired) electrons. The summed E-state index contributed by atoms with van der Waals surface area (Å²) in [4.78, 5) is 16.0. The van der Waals surface area contributed by atoms with Crippen molar-refractivity contribution in [2.45, 2.75) is 19.5 Å². The third kappa shape index (κ3) is 5.81. The quantitative estimate of drug-likeness (QED) is 0.772. The number of thioether (sulfide) groups is 1. The van der Waals surface area contributed by atoms with E-state index < -0.39 is 17.6 Å². The lowest BCUT2D eigenvalue weighted by Crippen LogP contribution is -2.44. The Balaban J connectivity index is 2.15. The van der Waals surface area contributed by atoms with E-state index in [1.54, 1.807) is 6.07 Å². The molecule has 1 saturated heterocycles. The zero-order valence-electron chi connectivity index (χ0n) is 14.5. The van der Waals surface area contributed by atoms with Gasteiger partial charge in [0.1, 0.15) is 0 Å². The molecule has 4 nitrogen and oxygen atoms in total. The molecule has 8 heteroatoms. The third-order valence-electron chi connectivity index (χ3n) is 4.03. The van der Waals surface area contributed by atoms with E-state index in [1.807, 2.05) is 18.9 Å². The molecular formula is C17H24F3N3OS. The van der Waals surface area contributed by atoms with Crippen molar-refractivity contribution in [1.29, 1.82) is 0 Å². The molecule has 1 amide bonds. The fourth-order valence-electron chi connectivity index (χ4n) is 2.63. The van der Waals surface area contributed by atoms with E-state index in [0.717, 1.165) is 31.3 Å². The second kappa shape index (κ2) is 8.80. The standard InChI is InChI=1S/C17H24F3N3OS/c1-3-10-25-12-16(24)21-15-5-4-13(11-14(15)17(18,19)20)23-8-6-22(2)7-9-23/h4-5,11H,3,6-10,12H2,1-2H3,(H,21,24). The summed E-state index contributed by atoms with van der Waals surface area (Å²) in [6, 6.07) is 4.15. The van der Waals surface area contributed by atoms with E-state index in [0.29, 0.717) is 18.8 Å². The molecule has 0 bridgehead atoms. The van der Waals surface area contributed by atoms with Crippen molar-refractivity contribution in [1.82, 2.24) is 4.90 Å². The molecule has 25 heavy (non-hydrogen) atoms. The highest BCUT2D eigenvalue weighted by molar-refractivity contribution is 7.99. The van der Waals surface area contributed by atoms with Crippen LogP contribution in [0.25, 0.3) is 0 Å². The molecule has 1 heterocycles. The first-order chi connectivity index (χ1) is 11.8. The van der Waals surface area contributed by atoms with E-state index in [2.05, 4.69) is 10.2 Å². The van der Waals surface area contributed by atoms with Crippen LogP contribution in [0.15, 0.2) is 18.2 Å². The van der Waals surface area contributed by atoms with Crippen LogP contribution in [-0.4, -0.2) is 55.5 Å². The van der Waals surface area contributed by atoms with Crippen molar-refractivity contribution in [3.05, 3.63) is 23.8 Å². The van der Waals surface area contributed by atoms with Crippen LogP contribution in [0.5, 0.6) is 0 Å². The fraction of sp³-hybridized carbons (Fsp3) is 0.588. The van der Waals surface area contributed by atoms with Gasteiger partial charge in [0.05, 0.1) is 17.0 Å². The van der Waals surface area contributed by atoms with Crippen LogP contribution in [0.2, 0.25) is 0 Å². The number of amides is 1. The minimum Gasteiger partial charge on any atom is -0.369 e. The van der Waals surface area contributed by atoms with E-state index in [4.69, 9.17) is 0 Å². The fourth-order valence-corrected chi connectivity index (χ4v) is 3.32. The molecular weight excluding hydrogens is 351 g/mol. The Morgan fingerprint density at radius 1 is 1.24 bits per heavy atom. The summed E-state index contributed by atoms with van der Waals surface area (Å²) in [6.07, 6.45) is -3.59. The lowest BCUT2D eigenvalue weighted by Gasteiger charge is -2.34. The second-order valence-electron chi connectivity index (χ2n) is 6.12. The van der Waals surface area contributed by atoms with Gasteiger partial charge in [0.2, 0.25) is 5.91 Å². The van der Waals surface area contributed by atoms with Crippen LogP contribution < -0.4 is 10.2 Å². The van der Waals surface area contributed by atoms with Crippen molar-refractivity contribution in [3.63, 3.8) is 0 Å². The summed E-state index contributed by atoms with van der Waals surface area (Å²) in [5.41, 5.74) is -0.427. The molecule has 1 aliphatic heterocycles. The number of nitrogens with zero attached hydrogens (tertiary/aromatic N) is 2. The van der Waals surface area contributed by atoms with Gasteiger partial charge in [0.25, 0.3) is 0 Å². The zero-order chi connectivity index (χ0) is 18.4. The number of halogens is 3. The zero-order valence-corrected chi connectivity index (χ0v) is 15.3. The monoisotopic (exact) mass is 375 g/mol. The smallest absolute Gasteiger partial charge is 0.369 e. The molecule has 0 saturated carbocycles. The minimum atomic E-state index is -4.51. The molecule has 0 atom stereocenters. The van der Waals surface area contributed by atoms with Crippen LogP contribution in [0.1, 0.15) is 18.9 Å². The number of piperazine rings is 1. The number of hydrogen-bond acceptors (Lipinski definition) is 4. The summed E-state index contributed by atoms with van der Waals surface area (Å²) in [7, 11) is 1.99. The Hall–Kier alpha value is -1.41. The highest BCUT2D eigenvalue weighted by atomic mass is 32.2. The highest BCUT2D eigenvalue weighted by Gasteiger charge is 2.34. The molecule has 2 rings (SSSR count). The molecule has 0 spiro atoms. The maximum absolute atomic E-state index is 13.4. The van der Waals surface area contributed by atoms with Crippen molar-refractivity contribution in [2.24, 2.45) is 0 Å². The number of rotatable bonds is 6. The van der Waals surface area contributed by atoms with Gasteiger partial charge in [-0.05, 0) is 37.4 Å². The number of nitrogens with one attached hydrogen (secondary N) is 1. The highest BCUT2D eigenvalue weighted by Crippen LogP contribution is 2.37. The first-order valence-corrected chi connectivity index (χ1v) is 9.49. The van der Waals surface area contributed by atoms with E-state index in [-0.39, 0.29) is 11.4 Å². The summed E-state index contributed by atoms with van der Waals surface area (Å²) >= 11 is 1.41. The van der Waals surface area contributed by atoms with E-state index >= 15 is 0 Å². The number of anilines is 2. The topological polar surface area (TPSA) is 35.6 Å². The van der Waals surface area contributed by atoms with Gasteiger partial charge < -0.3 is 15.1 Å². The van der Waals surface area contributed by atoms with Gasteiger partial charge in [-0.1, -0.05) is 6.92 Å². The molecule has 1 N–H and O–H groups in total. The van der Waals surface area contributed by atoms with E-state index in [9.17, 15) is 18.0 Å². The first kappa shape index (κ1) is 19.9. The average molecular weight is 375 g/mol. The van der Waals surface area contributed by atoms with E-state index in [1.165, 1.54) is 17.8 Å². The molecule has 1 aromatic rings. The number of likely N-dealkylation sites (N-methyl/N-ethyl adjacent to an activating group) is 1. The van der Waals surface area contributed by atoms with Gasteiger partial charge in [-0.15, -0.1) is 0 Å². The molecule has 0 unspecified atom stereocenters. The van der Waals surface area contributed by atoms with Gasteiger partial charge in [0, 0.05) is 31.9 Å². The van der Waals surface area contributed by atoms with Crippen LogP contribution in [0.4, 0.5) is 24.5 Å². The maximum Gasteiger partial charge on any atom is 0.418 e. The predicted octanol–water partition coefficient (Wildman–Crippen LogP) is 3.54. The van der Waals surface area contributed by atoms with Crippen LogP contribution in [0, 0.1) is 0 Å². The van der Waals surface area contributed by atoms with Gasteiger partial charge >= 0.3 is 6.18 Å². The Morgan fingerprint density at radius 2 is 1.92 bits per heavy atom. The summed E-state index contributed by atoms with van der Waals surface area (Å²) in [5.74, 6) is 0.559. The van der Waals surface area contributed by atoms with Crippen molar-refractivity contribution in [2.75, 3.05) is 54.9 Å². The van der Waals surface area contributed by atoms with Gasteiger partial charge in [-0.3, -0.25) is 4.79 Å². The minimum absolute atomic E-state index is 0.158. The number of carbonyl (C=O) groups excluding carboxylic acids is 1. The van der Waals surface area contributed by atoms with Crippen LogP contribution in [-0.2, 0) is 11.0 Å². The summed E-state index contributed by atoms with van der Waals surface area (Å²) in [5, 5.41) is 2.41. The maximum atomic E-state index is 13.4. The Labute approximate surface area is 150 Å². The van der Waals surface area contributed by atoms with Gasteiger partial charge in [-0.2, -0.15) is 24.9 Å². The van der Waals surface area contributed by atoms with Crippen molar-refractivity contribution < 1.29 is 18.0 Å². The number of benzene rings is 1. The molecule has 0 aliphatic carbocycles. The Bertz CT molecular complexity index is 587. The number of alkyl halides is 3. The lowest BCUT2D eigenvalue weighted by atomic mass is 10.1. The Morgan fingerprint density at radius 3 is 2.52 bits per heavy atom. The molecule has 0 aromatic heterocycles. The van der Waals surface area contributed by atoms with Crippen LogP contribution >= 0.6 is 11.8 Å². The van der Waals surface area contributed by atoms with Crippen LogP contribution in [0.3, 0.4) is 0 Å². The number of carbonyl (C=O) groups is 1. The van der Waals surface area contributed by atoms with Gasteiger partial charge in [-0.25, -0.2) is 0 Å². The summed E-state index contributed by atoms with van der Waals surface area (Å²) < 4.78 is 40.3. The second-order valence-corrected chi connectivity index (χ2v) is 7.22. The lowest BCUT2D eigenvalue weighted by molar-refractivity contribution is -0.136. The third-order valence-corrected chi connectivity index (χ3v) is 5.20. The SMILES string of the molecule is CCCSCC(=O)Nc1ccc(N2CCN(C)CC2)cc1C(F)(F)F. The molecule has 1 fully saturated rings. The molecule has 140 valence electrons. The largest absolute Gasteiger partial charge is 0.418 e. The Kier molecular flexibility index (Phi) is 7.01. The average Bonchev–Trinajstić information content (AvgIpc) is 2.55. The first-order valence-electron chi connectivity index (χ1n) is 8.33. The normalized spacial score (nSPS) is 16.1.